The van der Waals surface area contributed by atoms with Gasteiger partial charge in [-0.05, 0) is 60.4 Å². The van der Waals surface area contributed by atoms with Crippen LogP contribution in [-0.2, 0) is 9.59 Å². The maximum atomic E-state index is 13.4. The predicted octanol–water partition coefficient (Wildman–Crippen LogP) is 6.51. The van der Waals surface area contributed by atoms with Crippen molar-refractivity contribution in [2.75, 3.05) is 4.90 Å². The molecule has 1 N–H and O–H groups in total. The van der Waals surface area contributed by atoms with Gasteiger partial charge in [0.2, 0.25) is 0 Å². The number of amides is 1. The number of aromatic nitrogens is 2. The molecule has 176 valence electrons. The molecule has 5 rings (SSSR count). The smallest absolute Gasteiger partial charge is 0.301 e. The Morgan fingerprint density at radius 3 is 2.60 bits per heavy atom. The van der Waals surface area contributed by atoms with E-state index in [-0.39, 0.29) is 11.3 Å². The summed E-state index contributed by atoms with van der Waals surface area (Å²) in [6.07, 6.45) is 1.60. The van der Waals surface area contributed by atoms with E-state index in [2.05, 4.69) is 45.8 Å². The zero-order chi connectivity index (χ0) is 24.9. The largest absolute Gasteiger partial charge is 0.507 e. The second-order valence-electron chi connectivity index (χ2n) is 8.77. The molecule has 8 heteroatoms. The van der Waals surface area contributed by atoms with E-state index >= 15 is 0 Å². The molecule has 0 saturated carbocycles. The molecular weight excluding hydrogens is 526 g/mol. The summed E-state index contributed by atoms with van der Waals surface area (Å²) in [5.41, 5.74) is 3.74. The van der Waals surface area contributed by atoms with Gasteiger partial charge in [-0.3, -0.25) is 19.5 Å². The Bertz CT molecular complexity index is 1510. The third-order valence-corrected chi connectivity index (χ3v) is 8.02. The lowest BCUT2D eigenvalue weighted by molar-refractivity contribution is -0.132. The second-order valence-corrected chi connectivity index (χ2v) is 10.6. The van der Waals surface area contributed by atoms with Crippen LogP contribution in [0.2, 0.25) is 0 Å². The average molecular weight is 548 g/mol. The number of carbonyl (C=O) groups excluding carboxylic acids is 2. The molecule has 1 atom stereocenters. The highest BCUT2D eigenvalue weighted by molar-refractivity contribution is 9.10. The minimum Gasteiger partial charge on any atom is -0.507 e. The first-order valence-corrected chi connectivity index (χ1v) is 12.8. The number of anilines is 1. The molecule has 35 heavy (non-hydrogen) atoms. The molecule has 1 aliphatic heterocycles. The van der Waals surface area contributed by atoms with Crippen molar-refractivity contribution in [3.8, 4) is 0 Å². The Balaban J connectivity index is 1.70. The number of ketones is 1. The third kappa shape index (κ3) is 4.06. The Kier molecular flexibility index (Phi) is 6.02. The zero-order valence-electron chi connectivity index (χ0n) is 19.3. The minimum atomic E-state index is -0.898. The van der Waals surface area contributed by atoms with E-state index in [1.165, 1.54) is 21.8 Å². The van der Waals surface area contributed by atoms with Crippen molar-refractivity contribution in [3.05, 3.63) is 93.2 Å². The fourth-order valence-electron chi connectivity index (χ4n) is 4.19. The topological polar surface area (TPSA) is 83.4 Å². The molecule has 4 aromatic rings. The van der Waals surface area contributed by atoms with Gasteiger partial charge in [0.25, 0.3) is 5.78 Å². The van der Waals surface area contributed by atoms with Gasteiger partial charge < -0.3 is 5.11 Å². The molecule has 1 unspecified atom stereocenters. The van der Waals surface area contributed by atoms with E-state index in [9.17, 15) is 14.7 Å². The summed E-state index contributed by atoms with van der Waals surface area (Å²) in [6.45, 7) is 6.13. The van der Waals surface area contributed by atoms with Crippen molar-refractivity contribution in [2.45, 2.75) is 32.7 Å². The normalized spacial score (nSPS) is 17.6. The van der Waals surface area contributed by atoms with Crippen LogP contribution in [0.4, 0.5) is 5.13 Å². The van der Waals surface area contributed by atoms with E-state index in [1.54, 1.807) is 42.6 Å². The fourth-order valence-corrected chi connectivity index (χ4v) is 5.47. The highest BCUT2D eigenvalue weighted by Crippen LogP contribution is 2.44. The first-order chi connectivity index (χ1) is 16.8. The quantitative estimate of drug-likeness (QED) is 0.179. The van der Waals surface area contributed by atoms with Gasteiger partial charge in [-0.15, -0.1) is 0 Å². The minimum absolute atomic E-state index is 0.00227. The molecule has 6 nitrogen and oxygen atoms in total. The van der Waals surface area contributed by atoms with E-state index in [4.69, 9.17) is 0 Å². The van der Waals surface area contributed by atoms with Gasteiger partial charge in [0, 0.05) is 16.2 Å². The van der Waals surface area contributed by atoms with Gasteiger partial charge in [-0.2, -0.15) is 0 Å². The van der Waals surface area contributed by atoms with E-state index in [0.29, 0.717) is 22.3 Å². The van der Waals surface area contributed by atoms with E-state index in [0.717, 1.165) is 20.3 Å². The molecule has 1 amide bonds. The maximum Gasteiger partial charge on any atom is 0.301 e. The van der Waals surface area contributed by atoms with Crippen LogP contribution in [0.25, 0.3) is 16.0 Å². The lowest BCUT2D eigenvalue weighted by Gasteiger charge is -2.22. The first kappa shape index (κ1) is 23.4. The Labute approximate surface area is 215 Å². The molecule has 3 heterocycles. The zero-order valence-corrected chi connectivity index (χ0v) is 21.7. The number of Topliss-reactive ketones (excluding diaryl/α,β-unsaturated/α-hetero) is 1. The van der Waals surface area contributed by atoms with Gasteiger partial charge in [0.15, 0.2) is 5.13 Å². The van der Waals surface area contributed by atoms with Crippen LogP contribution in [0.5, 0.6) is 0 Å². The number of aliphatic hydroxyl groups is 1. The molecule has 1 aliphatic rings. The summed E-state index contributed by atoms with van der Waals surface area (Å²) in [6, 6.07) is 15.7. The second kappa shape index (κ2) is 9.02. The van der Waals surface area contributed by atoms with Crippen LogP contribution in [0, 0.1) is 6.92 Å². The van der Waals surface area contributed by atoms with Crippen molar-refractivity contribution in [3.63, 3.8) is 0 Å². The number of benzene rings is 2. The van der Waals surface area contributed by atoms with Gasteiger partial charge in [-0.25, -0.2) is 4.98 Å². The van der Waals surface area contributed by atoms with Crippen LogP contribution < -0.4 is 4.90 Å². The predicted molar refractivity (Wildman–Crippen MR) is 142 cm³/mol. The maximum absolute atomic E-state index is 13.4. The van der Waals surface area contributed by atoms with Crippen LogP contribution in [-0.4, -0.2) is 26.8 Å². The molecule has 0 radical (unpaired) electrons. The van der Waals surface area contributed by atoms with Crippen LogP contribution in [0.3, 0.4) is 0 Å². The lowest BCUT2D eigenvalue weighted by atomic mass is 9.98. The Morgan fingerprint density at radius 1 is 1.11 bits per heavy atom. The average Bonchev–Trinajstić information content (AvgIpc) is 3.38. The summed E-state index contributed by atoms with van der Waals surface area (Å²) in [4.78, 5) is 37.2. The Morgan fingerprint density at radius 2 is 1.91 bits per heavy atom. The van der Waals surface area contributed by atoms with Crippen molar-refractivity contribution in [1.29, 1.82) is 0 Å². The van der Waals surface area contributed by atoms with Crippen molar-refractivity contribution in [1.82, 2.24) is 9.97 Å². The number of aryl methyl sites for hydroxylation is 1. The number of hydrogen-bond acceptors (Lipinski definition) is 6. The van der Waals surface area contributed by atoms with Gasteiger partial charge >= 0.3 is 5.91 Å². The number of rotatable bonds is 4. The summed E-state index contributed by atoms with van der Waals surface area (Å²) >= 11 is 4.81. The number of pyridine rings is 1. The number of hydrogen-bond donors (Lipinski definition) is 1. The van der Waals surface area contributed by atoms with Crippen LogP contribution >= 0.6 is 27.3 Å². The lowest BCUT2D eigenvalue weighted by Crippen LogP contribution is -2.29. The highest BCUT2D eigenvalue weighted by Gasteiger charge is 2.48. The van der Waals surface area contributed by atoms with Crippen LogP contribution in [0.15, 0.2) is 70.8 Å². The molecule has 1 fully saturated rings. The Hall–Kier alpha value is -3.36. The summed E-state index contributed by atoms with van der Waals surface area (Å²) in [5.74, 6) is -1.39. The number of aliphatic hydroxyl groups excluding tert-OH is 1. The number of fused-ring (bicyclic) bond motifs is 1. The van der Waals surface area contributed by atoms with Gasteiger partial charge in [-0.1, -0.05) is 59.3 Å². The molecule has 0 aliphatic carbocycles. The monoisotopic (exact) mass is 547 g/mol. The van der Waals surface area contributed by atoms with Crippen LogP contribution in [0.1, 0.15) is 48.2 Å². The van der Waals surface area contributed by atoms with Crippen molar-refractivity contribution < 1.29 is 14.7 Å². The van der Waals surface area contributed by atoms with E-state index in [1.807, 2.05) is 19.1 Å². The van der Waals surface area contributed by atoms with Gasteiger partial charge in [0.1, 0.15) is 11.8 Å². The van der Waals surface area contributed by atoms with E-state index < -0.39 is 17.7 Å². The number of thiazole rings is 1. The highest BCUT2D eigenvalue weighted by atomic mass is 79.9. The van der Waals surface area contributed by atoms with Gasteiger partial charge in [0.05, 0.1) is 21.5 Å². The number of halogens is 1. The summed E-state index contributed by atoms with van der Waals surface area (Å²) < 4.78 is 1.81. The standard InChI is InChI=1S/C27H22BrN3O3S/c1-14(2)16-8-10-19-21(13-16)35-27(30-19)31-23(20-6-4-5-11-29-20)22(25(33)26(31)34)24(32)17-7-9-18(28)15(3)12-17/h4-14,23,32H,1-3H3/b24-22+. The summed E-state index contributed by atoms with van der Waals surface area (Å²) in [7, 11) is 0. The first-order valence-electron chi connectivity index (χ1n) is 11.1. The van der Waals surface area contributed by atoms with Crippen molar-refractivity contribution in [2.24, 2.45) is 0 Å². The van der Waals surface area contributed by atoms with Crippen molar-refractivity contribution >= 4 is 60.1 Å². The number of nitrogens with zero attached hydrogens (tertiary/aromatic N) is 3. The third-order valence-electron chi connectivity index (χ3n) is 6.12. The molecule has 2 aromatic carbocycles. The molecule has 0 spiro atoms. The molecular formula is C27H22BrN3O3S. The summed E-state index contributed by atoms with van der Waals surface area (Å²) in [5, 5.41) is 11.7. The molecule has 0 bridgehead atoms. The fraction of sp³-hybridized carbons (Fsp3) is 0.185. The molecule has 2 aromatic heterocycles. The SMILES string of the molecule is Cc1cc(/C(O)=C2\C(=O)C(=O)N(c3nc4ccc(C(C)C)cc4s3)C2c2ccccn2)ccc1Br. The number of carbonyl (C=O) groups is 2. The molecule has 1 saturated heterocycles.